The van der Waals surface area contributed by atoms with Crippen LogP contribution < -0.4 is 5.32 Å². The lowest BCUT2D eigenvalue weighted by Gasteiger charge is -2.14. The Morgan fingerprint density at radius 3 is 2.56 bits per heavy atom. The van der Waals surface area contributed by atoms with Crippen molar-refractivity contribution in [1.29, 1.82) is 0 Å². The zero-order chi connectivity index (χ0) is 18.6. The summed E-state index contributed by atoms with van der Waals surface area (Å²) in [7, 11) is 0. The fraction of sp³-hybridized carbons (Fsp3) is 0.130. The van der Waals surface area contributed by atoms with E-state index in [9.17, 15) is 4.79 Å². The fourth-order valence-corrected chi connectivity index (χ4v) is 3.12. The molecule has 4 heteroatoms. The van der Waals surface area contributed by atoms with Gasteiger partial charge in [-0.1, -0.05) is 54.6 Å². The average Bonchev–Trinajstić information content (AvgIpc) is 3.16. The normalized spacial score (nSPS) is 12.0. The molecule has 27 heavy (non-hydrogen) atoms. The number of carbonyl (C=O) groups is 1. The van der Waals surface area contributed by atoms with Gasteiger partial charge in [0.05, 0.1) is 18.2 Å². The Balaban J connectivity index is 1.42. The molecule has 1 aromatic heterocycles. The van der Waals surface area contributed by atoms with Gasteiger partial charge in [0.2, 0.25) is 11.8 Å². The number of fused-ring (bicyclic) bond motifs is 1. The number of amides is 1. The summed E-state index contributed by atoms with van der Waals surface area (Å²) in [6.45, 7) is 1.99. The second-order valence-corrected chi connectivity index (χ2v) is 6.58. The first-order valence-corrected chi connectivity index (χ1v) is 8.97. The summed E-state index contributed by atoms with van der Waals surface area (Å²) in [6.07, 6.45) is 1.73. The zero-order valence-electron chi connectivity index (χ0n) is 15.1. The molecule has 0 fully saturated rings. The Morgan fingerprint density at radius 2 is 1.74 bits per heavy atom. The van der Waals surface area contributed by atoms with Crippen LogP contribution in [0, 0.1) is 0 Å². The van der Waals surface area contributed by atoms with Crippen molar-refractivity contribution in [3.05, 3.63) is 90.3 Å². The molecule has 4 aromatic rings. The van der Waals surface area contributed by atoms with Crippen molar-refractivity contribution in [1.82, 2.24) is 10.3 Å². The van der Waals surface area contributed by atoms with Gasteiger partial charge in [0.15, 0.2) is 0 Å². The Bertz CT molecular complexity index is 1070. The van der Waals surface area contributed by atoms with Crippen LogP contribution in [0.15, 0.2) is 83.5 Å². The van der Waals surface area contributed by atoms with E-state index in [0.717, 1.165) is 11.1 Å². The Kier molecular flexibility index (Phi) is 4.71. The predicted octanol–water partition coefficient (Wildman–Crippen LogP) is 4.91. The topological polar surface area (TPSA) is 55.1 Å². The molecule has 0 spiro atoms. The highest BCUT2D eigenvalue weighted by atomic mass is 16.3. The number of hydrogen-bond acceptors (Lipinski definition) is 3. The minimum atomic E-state index is -0.0809. The van der Waals surface area contributed by atoms with Crippen molar-refractivity contribution in [2.24, 2.45) is 0 Å². The smallest absolute Gasteiger partial charge is 0.226 e. The molecule has 134 valence electrons. The van der Waals surface area contributed by atoms with E-state index >= 15 is 0 Å². The SMILES string of the molecule is CC(NC(=O)Cc1coc(-c2ccccc2)n1)c1ccc2ccccc2c1. The van der Waals surface area contributed by atoms with E-state index in [1.165, 1.54) is 10.8 Å². The van der Waals surface area contributed by atoms with Gasteiger partial charge in [0.1, 0.15) is 6.26 Å². The minimum absolute atomic E-state index is 0.0800. The van der Waals surface area contributed by atoms with Crippen LogP contribution >= 0.6 is 0 Å². The molecule has 0 aliphatic rings. The second kappa shape index (κ2) is 7.46. The van der Waals surface area contributed by atoms with E-state index in [-0.39, 0.29) is 18.4 Å². The van der Waals surface area contributed by atoms with Gasteiger partial charge in [0.25, 0.3) is 0 Å². The van der Waals surface area contributed by atoms with Gasteiger partial charge in [-0.3, -0.25) is 4.79 Å². The lowest BCUT2D eigenvalue weighted by molar-refractivity contribution is -0.121. The summed E-state index contributed by atoms with van der Waals surface area (Å²) < 4.78 is 5.50. The maximum atomic E-state index is 12.4. The standard InChI is InChI=1S/C23H20N2O2/c1-16(19-12-11-17-7-5-6-10-20(17)13-19)24-22(26)14-21-15-27-23(25-21)18-8-3-2-4-9-18/h2-13,15-16H,14H2,1H3,(H,24,26). The number of nitrogens with one attached hydrogen (secondary N) is 1. The monoisotopic (exact) mass is 356 g/mol. The van der Waals surface area contributed by atoms with Crippen molar-refractivity contribution >= 4 is 16.7 Å². The molecule has 1 N–H and O–H groups in total. The van der Waals surface area contributed by atoms with Gasteiger partial charge in [-0.2, -0.15) is 0 Å². The third kappa shape index (κ3) is 3.90. The van der Waals surface area contributed by atoms with Crippen LogP contribution in [0.3, 0.4) is 0 Å². The molecule has 4 nitrogen and oxygen atoms in total. The number of benzene rings is 3. The van der Waals surface area contributed by atoms with Crippen molar-refractivity contribution < 1.29 is 9.21 Å². The molecule has 0 saturated heterocycles. The van der Waals surface area contributed by atoms with Gasteiger partial charge < -0.3 is 9.73 Å². The van der Waals surface area contributed by atoms with Crippen LogP contribution in [0.4, 0.5) is 0 Å². The highest BCUT2D eigenvalue weighted by molar-refractivity contribution is 5.83. The maximum absolute atomic E-state index is 12.4. The third-order valence-electron chi connectivity index (χ3n) is 4.57. The molecule has 1 amide bonds. The number of hydrogen-bond donors (Lipinski definition) is 1. The molecule has 1 unspecified atom stereocenters. The highest BCUT2D eigenvalue weighted by Crippen LogP contribution is 2.21. The first-order chi connectivity index (χ1) is 13.2. The first kappa shape index (κ1) is 17.0. The van der Waals surface area contributed by atoms with E-state index in [1.807, 2.05) is 49.4 Å². The first-order valence-electron chi connectivity index (χ1n) is 8.97. The number of aromatic nitrogens is 1. The molecule has 4 rings (SSSR count). The van der Waals surface area contributed by atoms with Crippen LogP contribution in [-0.4, -0.2) is 10.9 Å². The van der Waals surface area contributed by atoms with Crippen LogP contribution in [-0.2, 0) is 11.2 Å². The largest absolute Gasteiger partial charge is 0.444 e. The maximum Gasteiger partial charge on any atom is 0.226 e. The minimum Gasteiger partial charge on any atom is -0.444 e. The molecule has 0 radical (unpaired) electrons. The quantitative estimate of drug-likeness (QED) is 0.552. The van der Waals surface area contributed by atoms with Crippen molar-refractivity contribution in [3.63, 3.8) is 0 Å². The van der Waals surface area contributed by atoms with Crippen LogP contribution in [0.25, 0.3) is 22.2 Å². The Labute approximate surface area is 157 Å². The molecule has 0 bridgehead atoms. The van der Waals surface area contributed by atoms with Gasteiger partial charge in [-0.05, 0) is 41.5 Å². The Hall–Kier alpha value is -3.40. The molecular weight excluding hydrogens is 336 g/mol. The highest BCUT2D eigenvalue weighted by Gasteiger charge is 2.13. The molecular formula is C23H20N2O2. The van der Waals surface area contributed by atoms with Crippen LogP contribution in [0.5, 0.6) is 0 Å². The number of rotatable bonds is 5. The molecule has 1 atom stereocenters. The van der Waals surface area contributed by atoms with E-state index in [0.29, 0.717) is 11.6 Å². The van der Waals surface area contributed by atoms with Crippen molar-refractivity contribution in [2.45, 2.75) is 19.4 Å². The van der Waals surface area contributed by atoms with Gasteiger partial charge in [0, 0.05) is 5.56 Å². The lowest BCUT2D eigenvalue weighted by Crippen LogP contribution is -2.28. The summed E-state index contributed by atoms with van der Waals surface area (Å²) in [5, 5.41) is 5.40. The van der Waals surface area contributed by atoms with Crippen molar-refractivity contribution in [3.8, 4) is 11.5 Å². The molecule has 0 aliphatic carbocycles. The van der Waals surface area contributed by atoms with Crippen LogP contribution in [0.2, 0.25) is 0 Å². The van der Waals surface area contributed by atoms with Crippen LogP contribution in [0.1, 0.15) is 24.2 Å². The summed E-state index contributed by atoms with van der Waals surface area (Å²) in [4.78, 5) is 16.8. The molecule has 1 heterocycles. The summed E-state index contributed by atoms with van der Waals surface area (Å²) in [6, 6.07) is 24.0. The van der Waals surface area contributed by atoms with Gasteiger partial charge in [-0.25, -0.2) is 4.98 Å². The zero-order valence-corrected chi connectivity index (χ0v) is 15.1. The van der Waals surface area contributed by atoms with E-state index in [1.54, 1.807) is 6.26 Å². The lowest BCUT2D eigenvalue weighted by atomic mass is 10.0. The summed E-state index contributed by atoms with van der Waals surface area (Å²) in [5.74, 6) is 0.449. The molecule has 3 aromatic carbocycles. The number of oxazole rings is 1. The second-order valence-electron chi connectivity index (χ2n) is 6.58. The van der Waals surface area contributed by atoms with Crippen molar-refractivity contribution in [2.75, 3.05) is 0 Å². The van der Waals surface area contributed by atoms with E-state index < -0.39 is 0 Å². The summed E-state index contributed by atoms with van der Waals surface area (Å²) in [5.41, 5.74) is 2.60. The Morgan fingerprint density at radius 1 is 1.00 bits per heavy atom. The average molecular weight is 356 g/mol. The van der Waals surface area contributed by atoms with E-state index in [4.69, 9.17) is 4.42 Å². The third-order valence-corrected chi connectivity index (χ3v) is 4.57. The summed E-state index contributed by atoms with van der Waals surface area (Å²) >= 11 is 0. The predicted molar refractivity (Wildman–Crippen MR) is 106 cm³/mol. The van der Waals surface area contributed by atoms with E-state index in [2.05, 4.69) is 40.6 Å². The fourth-order valence-electron chi connectivity index (χ4n) is 3.12. The molecule has 0 saturated carbocycles. The number of nitrogens with zero attached hydrogens (tertiary/aromatic N) is 1. The molecule has 0 aliphatic heterocycles. The number of carbonyl (C=O) groups excluding carboxylic acids is 1. The van der Waals surface area contributed by atoms with Gasteiger partial charge >= 0.3 is 0 Å². The van der Waals surface area contributed by atoms with Gasteiger partial charge in [-0.15, -0.1) is 0 Å².